The Hall–Kier alpha value is -1.21. The minimum atomic E-state index is -0.273. The zero-order valence-corrected chi connectivity index (χ0v) is 11.7. The molecule has 0 saturated carbocycles. The van der Waals surface area contributed by atoms with Gasteiger partial charge in [0.2, 0.25) is 0 Å². The Kier molecular flexibility index (Phi) is 3.89. The first-order valence-electron chi connectivity index (χ1n) is 6.99. The van der Waals surface area contributed by atoms with Gasteiger partial charge in [0.1, 0.15) is 11.6 Å². The van der Waals surface area contributed by atoms with E-state index in [-0.39, 0.29) is 17.9 Å². The summed E-state index contributed by atoms with van der Waals surface area (Å²) in [5, 5.41) is 0. The number of methoxy groups -OCH3 is 1. The second-order valence-corrected chi connectivity index (χ2v) is 5.44. The minimum absolute atomic E-state index is 0.205. The molecule has 2 unspecified atom stereocenters. The van der Waals surface area contributed by atoms with Crippen LogP contribution in [0.2, 0.25) is 0 Å². The Balaban J connectivity index is 1.86. The monoisotopic (exact) mass is 280 g/mol. The molecule has 0 aromatic heterocycles. The van der Waals surface area contributed by atoms with E-state index >= 15 is 0 Å². The first-order chi connectivity index (χ1) is 9.72. The van der Waals surface area contributed by atoms with Gasteiger partial charge in [0, 0.05) is 50.4 Å². The molecular formula is C14H21FN4O. The smallest absolute Gasteiger partial charge is 0.131 e. The van der Waals surface area contributed by atoms with Crippen LogP contribution in [0.1, 0.15) is 11.6 Å². The molecule has 0 radical (unpaired) electrons. The summed E-state index contributed by atoms with van der Waals surface area (Å²) in [6.45, 7) is 5.18. The van der Waals surface area contributed by atoms with Crippen LogP contribution in [-0.2, 0) is 0 Å². The van der Waals surface area contributed by atoms with Gasteiger partial charge in [-0.3, -0.25) is 21.1 Å². The third-order valence-corrected chi connectivity index (χ3v) is 4.43. The summed E-state index contributed by atoms with van der Waals surface area (Å²) >= 11 is 0. The van der Waals surface area contributed by atoms with Crippen molar-refractivity contribution >= 4 is 0 Å². The van der Waals surface area contributed by atoms with Crippen molar-refractivity contribution in [3.8, 4) is 5.75 Å². The number of hydrazine groups is 1. The van der Waals surface area contributed by atoms with Crippen LogP contribution < -0.4 is 16.0 Å². The maximum Gasteiger partial charge on any atom is 0.131 e. The standard InChI is InChI=1S/C14H21FN4O/c1-20-10-2-3-11(12(15)8-10)14(17-16)13-9-18-4-6-19(13)7-5-18/h2-3,8,13-14,17H,4-7,9,16H2,1H3. The van der Waals surface area contributed by atoms with Crippen molar-refractivity contribution in [2.24, 2.45) is 5.84 Å². The molecule has 2 bridgehead atoms. The molecule has 0 amide bonds. The van der Waals surface area contributed by atoms with E-state index in [0.29, 0.717) is 11.3 Å². The first kappa shape index (κ1) is 13.8. The van der Waals surface area contributed by atoms with Gasteiger partial charge in [-0.05, 0) is 6.07 Å². The summed E-state index contributed by atoms with van der Waals surface area (Å²) in [4.78, 5) is 4.81. The molecule has 4 rings (SSSR count). The lowest BCUT2D eigenvalue weighted by Gasteiger charge is -2.50. The number of piperazine rings is 3. The summed E-state index contributed by atoms with van der Waals surface area (Å²) in [7, 11) is 1.53. The number of hydrogen-bond donors (Lipinski definition) is 2. The second-order valence-electron chi connectivity index (χ2n) is 5.44. The van der Waals surface area contributed by atoms with Gasteiger partial charge in [0.25, 0.3) is 0 Å². The first-order valence-corrected chi connectivity index (χ1v) is 6.99. The summed E-state index contributed by atoms with van der Waals surface area (Å²) in [5.41, 5.74) is 3.41. The highest BCUT2D eigenvalue weighted by atomic mass is 19.1. The van der Waals surface area contributed by atoms with Crippen molar-refractivity contribution in [2.75, 3.05) is 39.8 Å². The quantitative estimate of drug-likeness (QED) is 0.615. The molecule has 1 aromatic carbocycles. The minimum Gasteiger partial charge on any atom is -0.497 e. The van der Waals surface area contributed by atoms with Crippen LogP contribution in [0.3, 0.4) is 0 Å². The highest BCUT2D eigenvalue weighted by molar-refractivity contribution is 5.32. The van der Waals surface area contributed by atoms with E-state index in [2.05, 4.69) is 15.2 Å². The zero-order chi connectivity index (χ0) is 14.1. The van der Waals surface area contributed by atoms with Crippen molar-refractivity contribution in [1.82, 2.24) is 15.2 Å². The second kappa shape index (κ2) is 5.65. The lowest BCUT2D eigenvalue weighted by Crippen LogP contribution is -2.64. The Bertz CT molecular complexity index is 476. The predicted octanol–water partition coefficient (Wildman–Crippen LogP) is 0.339. The molecule has 110 valence electrons. The van der Waals surface area contributed by atoms with Crippen LogP contribution in [-0.4, -0.2) is 55.7 Å². The van der Waals surface area contributed by atoms with Gasteiger partial charge in [-0.2, -0.15) is 0 Å². The van der Waals surface area contributed by atoms with Gasteiger partial charge in [0.15, 0.2) is 0 Å². The maximum absolute atomic E-state index is 14.3. The van der Waals surface area contributed by atoms with E-state index in [1.807, 2.05) is 0 Å². The average Bonchev–Trinajstić information content (AvgIpc) is 2.51. The van der Waals surface area contributed by atoms with E-state index < -0.39 is 0 Å². The van der Waals surface area contributed by atoms with Crippen molar-refractivity contribution < 1.29 is 9.13 Å². The van der Waals surface area contributed by atoms with Crippen molar-refractivity contribution in [3.63, 3.8) is 0 Å². The van der Waals surface area contributed by atoms with E-state index in [1.54, 1.807) is 12.1 Å². The molecule has 0 aliphatic carbocycles. The number of nitrogens with two attached hydrogens (primary N) is 1. The topological polar surface area (TPSA) is 53.8 Å². The molecule has 5 nitrogen and oxygen atoms in total. The number of halogens is 1. The number of hydrogen-bond acceptors (Lipinski definition) is 5. The van der Waals surface area contributed by atoms with Crippen LogP contribution in [0, 0.1) is 5.82 Å². The number of fused-ring (bicyclic) bond motifs is 3. The zero-order valence-electron chi connectivity index (χ0n) is 11.7. The average molecular weight is 280 g/mol. The molecular weight excluding hydrogens is 259 g/mol. The van der Waals surface area contributed by atoms with Gasteiger partial charge in [-0.15, -0.1) is 0 Å². The fourth-order valence-corrected chi connectivity index (χ4v) is 3.27. The predicted molar refractivity (Wildman–Crippen MR) is 74.8 cm³/mol. The summed E-state index contributed by atoms with van der Waals surface area (Å²) in [6, 6.07) is 4.96. The highest BCUT2D eigenvalue weighted by Crippen LogP contribution is 2.29. The fourth-order valence-electron chi connectivity index (χ4n) is 3.27. The highest BCUT2D eigenvalue weighted by Gasteiger charge is 2.37. The molecule has 3 aliphatic heterocycles. The summed E-state index contributed by atoms with van der Waals surface area (Å²) in [6.07, 6.45) is 0. The molecule has 2 atom stereocenters. The van der Waals surface area contributed by atoms with Crippen LogP contribution in [0.25, 0.3) is 0 Å². The number of nitrogens with zero attached hydrogens (tertiary/aromatic N) is 2. The van der Waals surface area contributed by atoms with Crippen LogP contribution in [0.4, 0.5) is 4.39 Å². The Morgan fingerprint density at radius 1 is 1.35 bits per heavy atom. The Morgan fingerprint density at radius 3 is 2.60 bits per heavy atom. The molecule has 0 spiro atoms. The van der Waals surface area contributed by atoms with Crippen LogP contribution in [0.15, 0.2) is 18.2 Å². The molecule has 20 heavy (non-hydrogen) atoms. The Morgan fingerprint density at radius 2 is 2.10 bits per heavy atom. The van der Waals surface area contributed by atoms with E-state index in [1.165, 1.54) is 13.2 Å². The molecule has 3 heterocycles. The number of ether oxygens (including phenoxy) is 1. The largest absolute Gasteiger partial charge is 0.497 e. The van der Waals surface area contributed by atoms with Crippen molar-refractivity contribution in [3.05, 3.63) is 29.6 Å². The molecule has 1 aromatic rings. The molecule has 6 heteroatoms. The fraction of sp³-hybridized carbons (Fsp3) is 0.571. The number of benzene rings is 1. The van der Waals surface area contributed by atoms with Gasteiger partial charge in [-0.25, -0.2) is 4.39 Å². The maximum atomic E-state index is 14.3. The lowest BCUT2D eigenvalue weighted by molar-refractivity contribution is -0.00420. The van der Waals surface area contributed by atoms with Crippen LogP contribution >= 0.6 is 0 Å². The van der Waals surface area contributed by atoms with E-state index in [0.717, 1.165) is 32.7 Å². The molecule has 3 fully saturated rings. The number of rotatable bonds is 4. The molecule has 3 saturated heterocycles. The van der Waals surface area contributed by atoms with Crippen molar-refractivity contribution in [2.45, 2.75) is 12.1 Å². The summed E-state index contributed by atoms with van der Waals surface area (Å²) in [5.74, 6) is 5.96. The SMILES string of the molecule is COc1ccc(C(NN)C2CN3CCN2CC3)c(F)c1. The van der Waals surface area contributed by atoms with E-state index in [4.69, 9.17) is 10.6 Å². The van der Waals surface area contributed by atoms with Gasteiger partial charge >= 0.3 is 0 Å². The van der Waals surface area contributed by atoms with E-state index in [9.17, 15) is 4.39 Å². The van der Waals surface area contributed by atoms with Gasteiger partial charge in [0.05, 0.1) is 13.2 Å². The number of nitrogens with one attached hydrogen (secondary N) is 1. The third kappa shape index (κ3) is 2.40. The Labute approximate surface area is 118 Å². The van der Waals surface area contributed by atoms with Gasteiger partial charge in [-0.1, -0.05) is 6.07 Å². The molecule has 3 N–H and O–H groups in total. The normalized spacial score (nSPS) is 30.2. The van der Waals surface area contributed by atoms with Crippen molar-refractivity contribution in [1.29, 1.82) is 0 Å². The molecule has 3 aliphatic rings. The van der Waals surface area contributed by atoms with Crippen LogP contribution in [0.5, 0.6) is 5.75 Å². The van der Waals surface area contributed by atoms with Gasteiger partial charge < -0.3 is 4.74 Å². The lowest BCUT2D eigenvalue weighted by atomic mass is 9.94. The third-order valence-electron chi connectivity index (χ3n) is 4.43. The summed E-state index contributed by atoms with van der Waals surface area (Å²) < 4.78 is 19.3.